The van der Waals surface area contributed by atoms with E-state index in [0.717, 1.165) is 33.9 Å². The van der Waals surface area contributed by atoms with E-state index in [4.69, 9.17) is 0 Å². The minimum absolute atomic E-state index is 1.10. The van der Waals surface area contributed by atoms with Gasteiger partial charge in [0.15, 0.2) is 0 Å². The first-order valence-electron chi connectivity index (χ1n) is 19.9. The van der Waals surface area contributed by atoms with E-state index in [1.165, 1.54) is 65.6 Å². The standard InChI is InChI=1S/C56H38N2/c1-3-16-39(17-4-1)41-19-14-24-46(37-41)57(47-34-35-49-44(38-47)33-32-40-18-7-8-25-48(40)49)53-29-11-9-26-50(53)42-20-13-21-43(36-42)51-28-15-31-55-56(51)52-27-10-12-30-54(52)58(55)45-22-5-2-6-23-45/h1-38H. The van der Waals surface area contributed by atoms with Gasteiger partial charge in [0.05, 0.1) is 16.7 Å². The van der Waals surface area contributed by atoms with E-state index in [0.29, 0.717) is 0 Å². The summed E-state index contributed by atoms with van der Waals surface area (Å²) in [7, 11) is 0. The Balaban J connectivity index is 1.10. The van der Waals surface area contributed by atoms with Crippen molar-refractivity contribution in [1.82, 2.24) is 4.57 Å². The SMILES string of the molecule is c1ccc(-c2cccc(N(c3ccc4c(ccc5ccccc54)c3)c3ccccc3-c3cccc(-c4cccc5c4c4ccccc4n5-c4ccccc4)c3)c2)cc1. The molecule has 11 aromatic rings. The highest BCUT2D eigenvalue weighted by molar-refractivity contribution is 6.16. The lowest BCUT2D eigenvalue weighted by Crippen LogP contribution is -2.11. The maximum atomic E-state index is 2.43. The van der Waals surface area contributed by atoms with Crippen molar-refractivity contribution < 1.29 is 0 Å². The van der Waals surface area contributed by atoms with Gasteiger partial charge in [0.2, 0.25) is 0 Å². The van der Waals surface area contributed by atoms with Gasteiger partial charge in [0.25, 0.3) is 0 Å². The molecule has 0 atom stereocenters. The Labute approximate surface area is 338 Å². The summed E-state index contributed by atoms with van der Waals surface area (Å²) in [5.74, 6) is 0. The molecule has 0 N–H and O–H groups in total. The van der Waals surface area contributed by atoms with Crippen LogP contribution in [-0.2, 0) is 0 Å². The van der Waals surface area contributed by atoms with Gasteiger partial charge < -0.3 is 9.47 Å². The van der Waals surface area contributed by atoms with E-state index in [9.17, 15) is 0 Å². The van der Waals surface area contributed by atoms with Crippen LogP contribution in [0.25, 0.3) is 82.4 Å². The van der Waals surface area contributed by atoms with Crippen LogP contribution in [0.4, 0.5) is 17.1 Å². The lowest BCUT2D eigenvalue weighted by atomic mass is 9.94. The van der Waals surface area contributed by atoms with E-state index in [2.05, 4.69) is 240 Å². The minimum atomic E-state index is 1.10. The normalized spacial score (nSPS) is 11.4. The van der Waals surface area contributed by atoms with Gasteiger partial charge >= 0.3 is 0 Å². The molecule has 0 radical (unpaired) electrons. The second-order valence-corrected chi connectivity index (χ2v) is 14.9. The van der Waals surface area contributed by atoms with Crippen molar-refractivity contribution >= 4 is 60.4 Å². The van der Waals surface area contributed by atoms with Crippen molar-refractivity contribution in [2.24, 2.45) is 0 Å². The van der Waals surface area contributed by atoms with Crippen molar-refractivity contribution in [3.05, 3.63) is 231 Å². The third-order valence-electron chi connectivity index (χ3n) is 11.5. The van der Waals surface area contributed by atoms with Crippen LogP contribution in [0.2, 0.25) is 0 Å². The number of para-hydroxylation sites is 3. The Hall–Kier alpha value is -7.68. The van der Waals surface area contributed by atoms with Crippen LogP contribution >= 0.6 is 0 Å². The molecule has 1 heterocycles. The molecular formula is C56H38N2. The summed E-state index contributed by atoms with van der Waals surface area (Å²) >= 11 is 0. The van der Waals surface area contributed by atoms with Gasteiger partial charge in [-0.1, -0.05) is 170 Å². The monoisotopic (exact) mass is 738 g/mol. The lowest BCUT2D eigenvalue weighted by molar-refractivity contribution is 1.18. The quantitative estimate of drug-likeness (QED) is 0.148. The first kappa shape index (κ1) is 33.6. The van der Waals surface area contributed by atoms with E-state index >= 15 is 0 Å². The summed E-state index contributed by atoms with van der Waals surface area (Å²) < 4.78 is 2.39. The van der Waals surface area contributed by atoms with Crippen LogP contribution in [-0.4, -0.2) is 4.57 Å². The number of fused-ring (bicyclic) bond motifs is 6. The zero-order valence-corrected chi connectivity index (χ0v) is 31.8. The average molecular weight is 739 g/mol. The molecule has 0 bridgehead atoms. The van der Waals surface area contributed by atoms with Crippen LogP contribution in [0.3, 0.4) is 0 Å². The fraction of sp³-hybridized carbons (Fsp3) is 0. The zero-order chi connectivity index (χ0) is 38.4. The summed E-state index contributed by atoms with van der Waals surface area (Å²) in [6.07, 6.45) is 0. The molecule has 0 fully saturated rings. The van der Waals surface area contributed by atoms with Crippen LogP contribution in [0, 0.1) is 0 Å². The van der Waals surface area contributed by atoms with Crippen LogP contribution in [0.15, 0.2) is 231 Å². The summed E-state index contributed by atoms with van der Waals surface area (Å²) in [6, 6.07) is 83.7. The second-order valence-electron chi connectivity index (χ2n) is 14.9. The molecule has 0 amide bonds. The molecule has 0 unspecified atom stereocenters. The third kappa shape index (κ3) is 5.74. The van der Waals surface area contributed by atoms with E-state index in [1.807, 2.05) is 0 Å². The van der Waals surface area contributed by atoms with Crippen LogP contribution < -0.4 is 4.90 Å². The van der Waals surface area contributed by atoms with Crippen LogP contribution in [0.5, 0.6) is 0 Å². The van der Waals surface area contributed by atoms with Gasteiger partial charge in [0.1, 0.15) is 0 Å². The molecule has 0 spiro atoms. The largest absolute Gasteiger partial charge is 0.310 e. The number of anilines is 3. The lowest BCUT2D eigenvalue weighted by Gasteiger charge is -2.29. The molecule has 0 aliphatic carbocycles. The van der Waals surface area contributed by atoms with E-state index in [1.54, 1.807) is 0 Å². The Morgan fingerprint density at radius 2 is 0.897 bits per heavy atom. The molecule has 272 valence electrons. The van der Waals surface area contributed by atoms with Gasteiger partial charge in [-0.25, -0.2) is 0 Å². The predicted octanol–water partition coefficient (Wildman–Crippen LogP) is 15.6. The molecule has 0 saturated heterocycles. The molecule has 1 aromatic heterocycles. The van der Waals surface area contributed by atoms with Crippen molar-refractivity contribution in [2.45, 2.75) is 0 Å². The Morgan fingerprint density at radius 1 is 0.310 bits per heavy atom. The van der Waals surface area contributed by atoms with Crippen molar-refractivity contribution in [2.75, 3.05) is 4.90 Å². The third-order valence-corrected chi connectivity index (χ3v) is 11.5. The fourth-order valence-electron chi connectivity index (χ4n) is 8.90. The topological polar surface area (TPSA) is 8.17 Å². The van der Waals surface area contributed by atoms with Crippen molar-refractivity contribution in [3.8, 4) is 39.1 Å². The number of rotatable bonds is 7. The number of benzene rings is 10. The summed E-state index contributed by atoms with van der Waals surface area (Å²) in [5.41, 5.74) is 14.0. The molecular weight excluding hydrogens is 701 g/mol. The number of hydrogen-bond donors (Lipinski definition) is 0. The van der Waals surface area contributed by atoms with Gasteiger partial charge in [-0.2, -0.15) is 0 Å². The number of hydrogen-bond acceptors (Lipinski definition) is 1. The molecule has 0 saturated carbocycles. The molecule has 58 heavy (non-hydrogen) atoms. The smallest absolute Gasteiger partial charge is 0.0547 e. The summed E-state index contributed by atoms with van der Waals surface area (Å²) in [5, 5.41) is 7.49. The summed E-state index contributed by atoms with van der Waals surface area (Å²) in [6.45, 7) is 0. The highest BCUT2D eigenvalue weighted by Crippen LogP contribution is 2.45. The number of aromatic nitrogens is 1. The minimum Gasteiger partial charge on any atom is -0.310 e. The van der Waals surface area contributed by atoms with E-state index < -0.39 is 0 Å². The Kier molecular flexibility index (Phi) is 8.19. The molecule has 2 nitrogen and oxygen atoms in total. The fourth-order valence-corrected chi connectivity index (χ4v) is 8.90. The number of nitrogens with zero attached hydrogens (tertiary/aromatic N) is 2. The molecule has 10 aromatic carbocycles. The van der Waals surface area contributed by atoms with Crippen LogP contribution in [0.1, 0.15) is 0 Å². The Bertz CT molecular complexity index is 3290. The van der Waals surface area contributed by atoms with Gasteiger partial charge in [0, 0.05) is 33.4 Å². The van der Waals surface area contributed by atoms with E-state index in [-0.39, 0.29) is 0 Å². The average Bonchev–Trinajstić information content (AvgIpc) is 3.64. The van der Waals surface area contributed by atoms with Gasteiger partial charge in [-0.3, -0.25) is 0 Å². The maximum absolute atomic E-state index is 2.43. The highest BCUT2D eigenvalue weighted by atomic mass is 15.1. The first-order valence-corrected chi connectivity index (χ1v) is 19.9. The molecule has 2 heteroatoms. The van der Waals surface area contributed by atoms with Crippen molar-refractivity contribution in [3.63, 3.8) is 0 Å². The maximum Gasteiger partial charge on any atom is 0.0547 e. The molecule has 11 rings (SSSR count). The van der Waals surface area contributed by atoms with Gasteiger partial charge in [-0.05, 0) is 110 Å². The molecule has 0 aliphatic heterocycles. The van der Waals surface area contributed by atoms with Crippen molar-refractivity contribution in [1.29, 1.82) is 0 Å². The highest BCUT2D eigenvalue weighted by Gasteiger charge is 2.20. The first-order chi connectivity index (χ1) is 28.8. The predicted molar refractivity (Wildman–Crippen MR) is 247 cm³/mol. The second kappa shape index (κ2) is 14.1. The van der Waals surface area contributed by atoms with Gasteiger partial charge in [-0.15, -0.1) is 0 Å². The zero-order valence-electron chi connectivity index (χ0n) is 31.8. The summed E-state index contributed by atoms with van der Waals surface area (Å²) in [4.78, 5) is 2.43. The Morgan fingerprint density at radius 3 is 1.78 bits per heavy atom. The molecule has 0 aliphatic rings.